The first-order valence-corrected chi connectivity index (χ1v) is 12.1. The van der Waals surface area contributed by atoms with E-state index in [1.165, 1.54) is 0 Å². The summed E-state index contributed by atoms with van der Waals surface area (Å²) in [6, 6.07) is 19.8. The van der Waals surface area contributed by atoms with Gasteiger partial charge in [0.05, 0.1) is 11.8 Å². The number of esters is 2. The summed E-state index contributed by atoms with van der Waals surface area (Å²) in [5, 5.41) is 0. The minimum Gasteiger partial charge on any atom is -0.432 e. The van der Waals surface area contributed by atoms with Gasteiger partial charge in [0, 0.05) is 23.6 Å². The first kappa shape index (κ1) is 19.7. The molecule has 1 saturated carbocycles. The highest BCUT2D eigenvalue weighted by Crippen LogP contribution is 2.73. The summed E-state index contributed by atoms with van der Waals surface area (Å²) < 4.78 is 16.6. The second-order valence-corrected chi connectivity index (χ2v) is 11.8. The molecular formula is C24H22O5S2. The van der Waals surface area contributed by atoms with Gasteiger partial charge in [-0.3, -0.25) is 14.3 Å². The summed E-state index contributed by atoms with van der Waals surface area (Å²) >= 11 is 3.09. The van der Waals surface area contributed by atoms with Crippen LogP contribution < -0.4 is 0 Å². The van der Waals surface area contributed by atoms with Crippen molar-refractivity contribution in [2.45, 2.75) is 57.5 Å². The molecule has 4 aliphatic rings. The maximum absolute atomic E-state index is 13.4. The molecule has 7 heteroatoms. The van der Waals surface area contributed by atoms with E-state index in [4.69, 9.17) is 14.2 Å². The Morgan fingerprint density at radius 1 is 0.710 bits per heavy atom. The van der Waals surface area contributed by atoms with E-state index in [1.54, 1.807) is 23.5 Å². The van der Waals surface area contributed by atoms with Crippen LogP contribution in [0.2, 0.25) is 0 Å². The van der Waals surface area contributed by atoms with Gasteiger partial charge in [0.15, 0.2) is 0 Å². The topological polar surface area (TPSA) is 61.8 Å². The average Bonchev–Trinajstić information content (AvgIpc) is 3.19. The number of hydrogen-bond acceptors (Lipinski definition) is 7. The van der Waals surface area contributed by atoms with Crippen LogP contribution in [0, 0.1) is 11.8 Å². The molecule has 2 aromatic carbocycles. The molecule has 6 rings (SSSR count). The molecule has 0 amide bonds. The number of ether oxygens (including phenoxy) is 3. The monoisotopic (exact) mass is 454 g/mol. The third kappa shape index (κ3) is 2.51. The molecule has 160 valence electrons. The van der Waals surface area contributed by atoms with Crippen molar-refractivity contribution in [1.82, 2.24) is 0 Å². The van der Waals surface area contributed by atoms with E-state index in [1.807, 2.05) is 74.5 Å². The summed E-state index contributed by atoms with van der Waals surface area (Å²) in [4.78, 5) is 28.7. The van der Waals surface area contributed by atoms with E-state index in [-0.39, 0.29) is 23.8 Å². The van der Waals surface area contributed by atoms with E-state index in [9.17, 15) is 9.59 Å². The lowest BCUT2D eigenvalue weighted by Crippen LogP contribution is -2.57. The number of carbonyl (C=O) groups excluding carboxylic acids is 2. The Labute approximate surface area is 189 Å². The van der Waals surface area contributed by atoms with Gasteiger partial charge in [-0.2, -0.15) is 0 Å². The van der Waals surface area contributed by atoms with E-state index in [0.29, 0.717) is 12.8 Å². The molecule has 0 spiro atoms. The number of thioether (sulfide) groups is 2. The zero-order valence-electron chi connectivity index (χ0n) is 17.2. The highest BCUT2D eigenvalue weighted by molar-refractivity contribution is 8.02. The summed E-state index contributed by atoms with van der Waals surface area (Å²) in [7, 11) is 0. The Hall–Kier alpha value is -1.96. The van der Waals surface area contributed by atoms with Gasteiger partial charge in [-0.15, -0.1) is 23.5 Å². The largest absolute Gasteiger partial charge is 0.432 e. The molecule has 3 aliphatic heterocycles. The maximum atomic E-state index is 13.4. The van der Waals surface area contributed by atoms with E-state index < -0.39 is 21.1 Å². The van der Waals surface area contributed by atoms with Crippen LogP contribution in [0.5, 0.6) is 0 Å². The predicted octanol–water partition coefficient (Wildman–Crippen LogP) is 4.65. The van der Waals surface area contributed by atoms with Crippen molar-refractivity contribution >= 4 is 35.5 Å². The van der Waals surface area contributed by atoms with Crippen LogP contribution in [0.4, 0.5) is 0 Å². The lowest BCUT2D eigenvalue weighted by Gasteiger charge is -2.45. The van der Waals surface area contributed by atoms with Gasteiger partial charge in [-0.05, 0) is 37.1 Å². The zero-order chi connectivity index (χ0) is 21.5. The second-order valence-electron chi connectivity index (χ2n) is 8.98. The molecule has 2 aromatic rings. The van der Waals surface area contributed by atoms with Crippen LogP contribution in [0.3, 0.4) is 0 Å². The molecule has 0 N–H and O–H groups in total. The third-order valence-electron chi connectivity index (χ3n) is 7.11. The SMILES string of the molecule is C[C@]12OC(=O)[C@]3(Sc4ccccc4)CC[C@]4(Sc5ccccc5)C(=O)O[C@](C)(O1)[C@@H]4[C@H]23. The summed E-state index contributed by atoms with van der Waals surface area (Å²) in [5.41, 5.74) is 0. The summed E-state index contributed by atoms with van der Waals surface area (Å²) in [5.74, 6) is -3.37. The third-order valence-corrected chi connectivity index (χ3v) is 10.1. The quantitative estimate of drug-likeness (QED) is 0.623. The fourth-order valence-electron chi connectivity index (χ4n) is 6.08. The molecule has 5 nitrogen and oxygen atoms in total. The second kappa shape index (κ2) is 6.30. The molecule has 0 aromatic heterocycles. The van der Waals surface area contributed by atoms with Crippen LogP contribution >= 0.6 is 23.5 Å². The molecule has 0 unspecified atom stereocenters. The van der Waals surface area contributed by atoms with Gasteiger partial charge < -0.3 is 9.47 Å². The average molecular weight is 455 g/mol. The molecule has 0 radical (unpaired) electrons. The van der Waals surface area contributed by atoms with Gasteiger partial charge in [-0.1, -0.05) is 36.4 Å². The van der Waals surface area contributed by atoms with E-state index in [2.05, 4.69) is 0 Å². The number of benzene rings is 2. The molecule has 3 heterocycles. The van der Waals surface area contributed by atoms with Crippen molar-refractivity contribution in [1.29, 1.82) is 0 Å². The van der Waals surface area contributed by atoms with Crippen molar-refractivity contribution in [3.8, 4) is 0 Å². The normalized spacial score (nSPS) is 42.3. The van der Waals surface area contributed by atoms with Crippen molar-refractivity contribution in [2.75, 3.05) is 0 Å². The van der Waals surface area contributed by atoms with Crippen LogP contribution in [0.1, 0.15) is 26.7 Å². The van der Waals surface area contributed by atoms with Gasteiger partial charge in [0.25, 0.3) is 0 Å². The Bertz CT molecular complexity index is 992. The van der Waals surface area contributed by atoms with E-state index in [0.717, 1.165) is 9.79 Å². The highest BCUT2D eigenvalue weighted by atomic mass is 32.2. The fourth-order valence-corrected chi connectivity index (χ4v) is 9.12. The Balaban J connectivity index is 1.48. The summed E-state index contributed by atoms with van der Waals surface area (Å²) in [6.45, 7) is 3.65. The molecular weight excluding hydrogens is 432 g/mol. The molecule has 3 saturated heterocycles. The lowest BCUT2D eigenvalue weighted by atomic mass is 9.64. The van der Waals surface area contributed by atoms with Gasteiger partial charge in [0.1, 0.15) is 9.49 Å². The number of rotatable bonds is 4. The minimum absolute atomic E-state index is 0.256. The Morgan fingerprint density at radius 3 is 1.48 bits per heavy atom. The minimum atomic E-state index is -1.12. The van der Waals surface area contributed by atoms with Crippen LogP contribution in [0.25, 0.3) is 0 Å². The van der Waals surface area contributed by atoms with Crippen LogP contribution in [0.15, 0.2) is 70.5 Å². The maximum Gasteiger partial charge on any atom is 0.325 e. The van der Waals surface area contributed by atoms with Gasteiger partial charge >= 0.3 is 11.9 Å². The molecule has 1 aliphatic carbocycles. The van der Waals surface area contributed by atoms with Crippen molar-refractivity contribution in [3.05, 3.63) is 60.7 Å². The highest BCUT2D eigenvalue weighted by Gasteiger charge is 2.85. The predicted molar refractivity (Wildman–Crippen MR) is 116 cm³/mol. The standard InChI is InChI=1S/C24H22O5S2/c1-21-17-18-22(2,29-21)28-20(26)24(18,31-16-11-7-4-8-12-16)14-13-23(17,19(25)27-21)30-15-9-5-3-6-10-15/h3-12,17-18H,13-14H2,1-2H3/t17-,18+,21+,22-,23+,24-. The Morgan fingerprint density at radius 2 is 1.10 bits per heavy atom. The molecule has 0 bridgehead atoms. The van der Waals surface area contributed by atoms with Crippen LogP contribution in [-0.2, 0) is 23.8 Å². The first-order chi connectivity index (χ1) is 14.8. The lowest BCUT2D eigenvalue weighted by molar-refractivity contribution is -0.280. The van der Waals surface area contributed by atoms with Gasteiger partial charge in [-0.25, -0.2) is 0 Å². The molecule has 4 fully saturated rings. The van der Waals surface area contributed by atoms with Gasteiger partial charge in [0.2, 0.25) is 11.6 Å². The first-order valence-electron chi connectivity index (χ1n) is 10.5. The molecule has 6 atom stereocenters. The number of carbonyl (C=O) groups is 2. The van der Waals surface area contributed by atoms with Crippen molar-refractivity contribution < 1.29 is 23.8 Å². The van der Waals surface area contributed by atoms with Crippen molar-refractivity contribution in [3.63, 3.8) is 0 Å². The van der Waals surface area contributed by atoms with E-state index >= 15 is 0 Å². The number of hydrogen-bond donors (Lipinski definition) is 0. The smallest absolute Gasteiger partial charge is 0.325 e. The fraction of sp³-hybridized carbons (Fsp3) is 0.417. The molecule has 31 heavy (non-hydrogen) atoms. The van der Waals surface area contributed by atoms with Crippen LogP contribution in [-0.4, -0.2) is 33.0 Å². The Kier molecular flexibility index (Phi) is 4.01. The summed E-state index contributed by atoms with van der Waals surface area (Å²) in [6.07, 6.45) is 1.05. The zero-order valence-corrected chi connectivity index (χ0v) is 18.8. The van der Waals surface area contributed by atoms with Crippen molar-refractivity contribution in [2.24, 2.45) is 11.8 Å².